The smallest absolute Gasteiger partial charge is 0.00966 e. The summed E-state index contributed by atoms with van der Waals surface area (Å²) in [6.07, 6.45) is 9.64. The number of nitrogens with one attached hydrogen (secondary N) is 1. The standard InChI is InChI=1S/C16H32N2/c1-4-11-18(15-9-10-15)13-16(5-2,6-3)12-17-14-7-8-14/h14-15,17H,4-13H2,1-3H3. The lowest BCUT2D eigenvalue weighted by Gasteiger charge is -2.38. The van der Waals surface area contributed by atoms with Crippen LogP contribution >= 0.6 is 0 Å². The summed E-state index contributed by atoms with van der Waals surface area (Å²) in [6.45, 7) is 10.9. The molecule has 2 aliphatic carbocycles. The fourth-order valence-electron chi connectivity index (χ4n) is 2.98. The summed E-state index contributed by atoms with van der Waals surface area (Å²) in [6, 6.07) is 1.77. The van der Waals surface area contributed by atoms with Crippen molar-refractivity contribution in [3.63, 3.8) is 0 Å². The van der Waals surface area contributed by atoms with E-state index in [0.29, 0.717) is 5.41 Å². The molecular weight excluding hydrogens is 220 g/mol. The Hall–Kier alpha value is -0.0800. The van der Waals surface area contributed by atoms with E-state index >= 15 is 0 Å². The van der Waals surface area contributed by atoms with Crippen molar-refractivity contribution in [2.45, 2.75) is 77.8 Å². The zero-order chi connectivity index (χ0) is 13.0. The molecule has 0 atom stereocenters. The van der Waals surface area contributed by atoms with Gasteiger partial charge in [-0.25, -0.2) is 0 Å². The molecule has 2 saturated carbocycles. The molecule has 2 rings (SSSR count). The van der Waals surface area contributed by atoms with E-state index < -0.39 is 0 Å². The Balaban J connectivity index is 1.88. The molecule has 2 heteroatoms. The Morgan fingerprint density at radius 3 is 2.17 bits per heavy atom. The van der Waals surface area contributed by atoms with Gasteiger partial charge in [0.05, 0.1) is 0 Å². The number of rotatable bonds is 10. The van der Waals surface area contributed by atoms with Gasteiger partial charge in [-0.3, -0.25) is 4.90 Å². The highest BCUT2D eigenvalue weighted by Gasteiger charge is 2.36. The van der Waals surface area contributed by atoms with Gasteiger partial charge in [-0.2, -0.15) is 0 Å². The van der Waals surface area contributed by atoms with Crippen LogP contribution in [-0.2, 0) is 0 Å². The van der Waals surface area contributed by atoms with Gasteiger partial charge in [0, 0.05) is 25.2 Å². The predicted octanol–water partition coefficient (Wildman–Crippen LogP) is 3.42. The van der Waals surface area contributed by atoms with E-state index in [0.717, 1.165) is 12.1 Å². The topological polar surface area (TPSA) is 15.3 Å². The molecule has 0 unspecified atom stereocenters. The molecule has 0 aliphatic heterocycles. The molecule has 0 radical (unpaired) electrons. The van der Waals surface area contributed by atoms with Crippen LogP contribution in [0.25, 0.3) is 0 Å². The third kappa shape index (κ3) is 3.96. The summed E-state index contributed by atoms with van der Waals surface area (Å²) in [5.74, 6) is 0. The zero-order valence-electron chi connectivity index (χ0n) is 12.7. The first-order chi connectivity index (χ1) is 8.73. The van der Waals surface area contributed by atoms with E-state index in [1.165, 1.54) is 64.6 Å². The van der Waals surface area contributed by atoms with Crippen LogP contribution in [0.15, 0.2) is 0 Å². The molecule has 0 spiro atoms. The minimum atomic E-state index is 0.514. The Labute approximate surface area is 114 Å². The second kappa shape index (κ2) is 6.38. The van der Waals surface area contributed by atoms with Crippen LogP contribution in [-0.4, -0.2) is 36.6 Å². The Bertz CT molecular complexity index is 239. The number of hydrogen-bond donors (Lipinski definition) is 1. The zero-order valence-corrected chi connectivity index (χ0v) is 12.7. The number of nitrogens with zero attached hydrogens (tertiary/aromatic N) is 1. The maximum atomic E-state index is 3.78. The molecule has 0 heterocycles. The first kappa shape index (κ1) is 14.3. The quantitative estimate of drug-likeness (QED) is 0.641. The van der Waals surface area contributed by atoms with Crippen LogP contribution in [0.3, 0.4) is 0 Å². The normalized spacial score (nSPS) is 20.7. The van der Waals surface area contributed by atoms with Crippen LogP contribution in [0.5, 0.6) is 0 Å². The average Bonchev–Trinajstić information content (AvgIpc) is 3.27. The number of hydrogen-bond acceptors (Lipinski definition) is 2. The van der Waals surface area contributed by atoms with Crippen molar-refractivity contribution < 1.29 is 0 Å². The molecule has 0 saturated heterocycles. The van der Waals surface area contributed by atoms with E-state index in [2.05, 4.69) is 31.0 Å². The Morgan fingerprint density at radius 1 is 1.06 bits per heavy atom. The summed E-state index contributed by atoms with van der Waals surface area (Å²) in [7, 11) is 0. The van der Waals surface area contributed by atoms with Crippen molar-refractivity contribution >= 4 is 0 Å². The van der Waals surface area contributed by atoms with Gasteiger partial charge in [-0.1, -0.05) is 20.8 Å². The lowest BCUT2D eigenvalue weighted by atomic mass is 9.81. The molecule has 106 valence electrons. The third-order valence-electron chi connectivity index (χ3n) is 4.96. The first-order valence-corrected chi connectivity index (χ1v) is 8.20. The van der Waals surface area contributed by atoms with Gasteiger partial charge >= 0.3 is 0 Å². The lowest BCUT2D eigenvalue weighted by molar-refractivity contribution is 0.127. The maximum Gasteiger partial charge on any atom is 0.00966 e. The van der Waals surface area contributed by atoms with Crippen molar-refractivity contribution in [2.24, 2.45) is 5.41 Å². The van der Waals surface area contributed by atoms with Gasteiger partial charge < -0.3 is 5.32 Å². The average molecular weight is 252 g/mol. The van der Waals surface area contributed by atoms with Gasteiger partial charge in [0.25, 0.3) is 0 Å². The molecule has 18 heavy (non-hydrogen) atoms. The molecule has 1 N–H and O–H groups in total. The first-order valence-electron chi connectivity index (χ1n) is 8.20. The highest BCUT2D eigenvalue weighted by molar-refractivity contribution is 4.92. The molecule has 0 aromatic rings. The summed E-state index contributed by atoms with van der Waals surface area (Å²) >= 11 is 0. The largest absolute Gasteiger partial charge is 0.313 e. The summed E-state index contributed by atoms with van der Waals surface area (Å²) in [5.41, 5.74) is 0.514. The summed E-state index contributed by atoms with van der Waals surface area (Å²) in [4.78, 5) is 2.78. The van der Waals surface area contributed by atoms with Gasteiger partial charge in [0.1, 0.15) is 0 Å². The molecular formula is C16H32N2. The predicted molar refractivity (Wildman–Crippen MR) is 78.9 cm³/mol. The van der Waals surface area contributed by atoms with Gasteiger partial charge in [0.15, 0.2) is 0 Å². The van der Waals surface area contributed by atoms with E-state index in [9.17, 15) is 0 Å². The second-order valence-corrected chi connectivity index (χ2v) is 6.56. The van der Waals surface area contributed by atoms with Gasteiger partial charge in [-0.05, 0) is 56.9 Å². The van der Waals surface area contributed by atoms with E-state index in [1.807, 2.05) is 0 Å². The molecule has 0 bridgehead atoms. The van der Waals surface area contributed by atoms with Crippen LogP contribution in [0.2, 0.25) is 0 Å². The lowest BCUT2D eigenvalue weighted by Crippen LogP contribution is -2.45. The van der Waals surface area contributed by atoms with Crippen molar-refractivity contribution in [1.82, 2.24) is 10.2 Å². The van der Waals surface area contributed by atoms with E-state index in [-0.39, 0.29) is 0 Å². The van der Waals surface area contributed by atoms with Crippen molar-refractivity contribution in [3.05, 3.63) is 0 Å². The summed E-state index contributed by atoms with van der Waals surface area (Å²) in [5, 5.41) is 3.78. The van der Waals surface area contributed by atoms with Crippen molar-refractivity contribution in [2.75, 3.05) is 19.6 Å². The van der Waals surface area contributed by atoms with Crippen LogP contribution in [0.1, 0.15) is 65.7 Å². The highest BCUT2D eigenvalue weighted by Crippen LogP contribution is 2.34. The van der Waals surface area contributed by atoms with E-state index in [4.69, 9.17) is 0 Å². The van der Waals surface area contributed by atoms with Crippen molar-refractivity contribution in [3.8, 4) is 0 Å². The third-order valence-corrected chi connectivity index (χ3v) is 4.96. The summed E-state index contributed by atoms with van der Waals surface area (Å²) < 4.78 is 0. The van der Waals surface area contributed by atoms with Crippen LogP contribution < -0.4 is 5.32 Å². The van der Waals surface area contributed by atoms with E-state index in [1.54, 1.807) is 0 Å². The molecule has 0 amide bonds. The van der Waals surface area contributed by atoms with Crippen LogP contribution in [0.4, 0.5) is 0 Å². The fraction of sp³-hybridized carbons (Fsp3) is 1.00. The fourth-order valence-corrected chi connectivity index (χ4v) is 2.98. The molecule has 2 fully saturated rings. The van der Waals surface area contributed by atoms with Gasteiger partial charge in [-0.15, -0.1) is 0 Å². The minimum Gasteiger partial charge on any atom is -0.313 e. The molecule has 2 aliphatic rings. The van der Waals surface area contributed by atoms with Crippen molar-refractivity contribution in [1.29, 1.82) is 0 Å². The SMILES string of the molecule is CCCN(CC(CC)(CC)CNC1CC1)C1CC1. The highest BCUT2D eigenvalue weighted by atomic mass is 15.2. The second-order valence-electron chi connectivity index (χ2n) is 6.56. The Kier molecular flexibility index (Phi) is 5.08. The Morgan fingerprint density at radius 2 is 1.72 bits per heavy atom. The maximum absolute atomic E-state index is 3.78. The van der Waals surface area contributed by atoms with Gasteiger partial charge in [0.2, 0.25) is 0 Å². The molecule has 0 aromatic heterocycles. The monoisotopic (exact) mass is 252 g/mol. The molecule has 0 aromatic carbocycles. The minimum absolute atomic E-state index is 0.514. The molecule has 2 nitrogen and oxygen atoms in total. The van der Waals surface area contributed by atoms with Crippen LogP contribution in [0, 0.1) is 5.41 Å².